The Bertz CT molecular complexity index is 615. The molecule has 1 aliphatic rings. The van der Waals surface area contributed by atoms with Crippen molar-refractivity contribution < 1.29 is 17.9 Å². The first-order valence-electron chi connectivity index (χ1n) is 7.01. The first-order valence-corrected chi connectivity index (χ1v) is 7.01. The van der Waals surface area contributed by atoms with E-state index in [1.54, 1.807) is 6.07 Å². The van der Waals surface area contributed by atoms with E-state index in [1.807, 2.05) is 6.20 Å². The molecule has 2 heterocycles. The first-order chi connectivity index (χ1) is 10.0. The predicted molar refractivity (Wildman–Crippen MR) is 74.3 cm³/mol. The van der Waals surface area contributed by atoms with Crippen LogP contribution in [0.15, 0.2) is 24.4 Å². The van der Waals surface area contributed by atoms with Crippen molar-refractivity contribution in [2.45, 2.75) is 12.6 Å². The lowest BCUT2D eigenvalue weighted by Crippen LogP contribution is -2.37. The Morgan fingerprint density at radius 2 is 1.95 bits per heavy atom. The Morgan fingerprint density at radius 1 is 1.19 bits per heavy atom. The van der Waals surface area contributed by atoms with Crippen molar-refractivity contribution >= 4 is 10.9 Å². The minimum Gasteiger partial charge on any atom is -0.379 e. The largest absolute Gasteiger partial charge is 0.416 e. The molecule has 0 aliphatic carbocycles. The fourth-order valence-electron chi connectivity index (χ4n) is 2.67. The van der Waals surface area contributed by atoms with E-state index in [9.17, 15) is 13.2 Å². The standard InChI is InChI=1S/C15H17F3N2O/c16-15(17,18)12-1-2-13-11(10-19-14(13)9-12)3-4-20-5-7-21-8-6-20/h1-2,9-10,19H,3-8H2. The molecule has 0 saturated carbocycles. The molecule has 21 heavy (non-hydrogen) atoms. The van der Waals surface area contributed by atoms with Gasteiger partial charge < -0.3 is 9.72 Å². The lowest BCUT2D eigenvalue weighted by atomic mass is 10.1. The number of morpholine rings is 1. The molecular weight excluding hydrogens is 281 g/mol. The van der Waals surface area contributed by atoms with Crippen LogP contribution in [0.5, 0.6) is 0 Å². The van der Waals surface area contributed by atoms with Gasteiger partial charge in [0.2, 0.25) is 0 Å². The van der Waals surface area contributed by atoms with E-state index in [2.05, 4.69) is 9.88 Å². The van der Waals surface area contributed by atoms with Gasteiger partial charge >= 0.3 is 6.18 Å². The van der Waals surface area contributed by atoms with Crippen LogP contribution in [0.2, 0.25) is 0 Å². The van der Waals surface area contributed by atoms with Crippen LogP contribution in [0, 0.1) is 0 Å². The van der Waals surface area contributed by atoms with E-state index in [-0.39, 0.29) is 0 Å². The molecule has 1 aromatic heterocycles. The monoisotopic (exact) mass is 298 g/mol. The minimum absolute atomic E-state index is 0.543. The molecule has 1 aromatic carbocycles. The third-order valence-corrected chi connectivity index (χ3v) is 3.90. The topological polar surface area (TPSA) is 28.3 Å². The summed E-state index contributed by atoms with van der Waals surface area (Å²) < 4.78 is 43.3. The Labute approximate surface area is 120 Å². The Morgan fingerprint density at radius 3 is 2.67 bits per heavy atom. The van der Waals surface area contributed by atoms with Gasteiger partial charge in [-0.15, -0.1) is 0 Å². The van der Waals surface area contributed by atoms with Crippen LogP contribution in [-0.4, -0.2) is 42.7 Å². The van der Waals surface area contributed by atoms with E-state index in [0.717, 1.165) is 56.3 Å². The average molecular weight is 298 g/mol. The van der Waals surface area contributed by atoms with Crippen LogP contribution in [0.25, 0.3) is 10.9 Å². The predicted octanol–water partition coefficient (Wildman–Crippen LogP) is 3.06. The highest BCUT2D eigenvalue weighted by atomic mass is 19.4. The molecule has 1 fully saturated rings. The normalized spacial score (nSPS) is 17.5. The molecule has 2 aromatic rings. The molecule has 3 nitrogen and oxygen atoms in total. The van der Waals surface area contributed by atoms with Gasteiger partial charge in [0.15, 0.2) is 0 Å². The second-order valence-electron chi connectivity index (χ2n) is 5.28. The smallest absolute Gasteiger partial charge is 0.379 e. The van der Waals surface area contributed by atoms with Gasteiger partial charge in [0.1, 0.15) is 0 Å². The number of aromatic amines is 1. The summed E-state index contributed by atoms with van der Waals surface area (Å²) in [6.07, 6.45) is -1.66. The fraction of sp³-hybridized carbons (Fsp3) is 0.467. The summed E-state index contributed by atoms with van der Waals surface area (Å²) in [5, 5.41) is 0.872. The Hall–Kier alpha value is -1.53. The van der Waals surface area contributed by atoms with Crippen molar-refractivity contribution in [2.75, 3.05) is 32.8 Å². The zero-order chi connectivity index (χ0) is 14.9. The number of aromatic nitrogens is 1. The maximum Gasteiger partial charge on any atom is 0.416 e. The van der Waals surface area contributed by atoms with Gasteiger partial charge in [-0.1, -0.05) is 6.07 Å². The number of halogens is 3. The maximum absolute atomic E-state index is 12.7. The third kappa shape index (κ3) is 3.22. The average Bonchev–Trinajstić information content (AvgIpc) is 2.87. The zero-order valence-electron chi connectivity index (χ0n) is 11.5. The molecule has 1 saturated heterocycles. The molecule has 0 atom stereocenters. The highest BCUT2D eigenvalue weighted by Crippen LogP contribution is 2.32. The second kappa shape index (κ2) is 5.69. The molecule has 0 spiro atoms. The lowest BCUT2D eigenvalue weighted by Gasteiger charge is -2.26. The summed E-state index contributed by atoms with van der Waals surface area (Å²) >= 11 is 0. The zero-order valence-corrected chi connectivity index (χ0v) is 11.5. The molecule has 0 radical (unpaired) electrons. The fourth-order valence-corrected chi connectivity index (χ4v) is 2.67. The van der Waals surface area contributed by atoms with Crippen molar-refractivity contribution in [3.8, 4) is 0 Å². The molecule has 3 rings (SSSR count). The van der Waals surface area contributed by atoms with Crippen molar-refractivity contribution in [3.05, 3.63) is 35.5 Å². The van der Waals surface area contributed by atoms with Crippen LogP contribution in [0.1, 0.15) is 11.1 Å². The number of nitrogens with one attached hydrogen (secondary N) is 1. The van der Waals surface area contributed by atoms with Gasteiger partial charge in [-0.25, -0.2) is 0 Å². The summed E-state index contributed by atoms with van der Waals surface area (Å²) in [7, 11) is 0. The van der Waals surface area contributed by atoms with Gasteiger partial charge in [-0.05, 0) is 24.1 Å². The van der Waals surface area contributed by atoms with Crippen molar-refractivity contribution in [3.63, 3.8) is 0 Å². The Balaban J connectivity index is 1.74. The van der Waals surface area contributed by atoms with Crippen molar-refractivity contribution in [1.29, 1.82) is 0 Å². The number of hydrogen-bond donors (Lipinski definition) is 1. The highest BCUT2D eigenvalue weighted by molar-refractivity contribution is 5.84. The van der Waals surface area contributed by atoms with E-state index >= 15 is 0 Å². The summed E-state index contributed by atoms with van der Waals surface area (Å²) in [6, 6.07) is 3.88. The molecule has 0 bridgehead atoms. The molecule has 1 aliphatic heterocycles. The van der Waals surface area contributed by atoms with E-state index < -0.39 is 11.7 Å². The summed E-state index contributed by atoms with van der Waals surface area (Å²) in [6.45, 7) is 4.24. The van der Waals surface area contributed by atoms with Crippen LogP contribution >= 0.6 is 0 Å². The maximum atomic E-state index is 12.7. The van der Waals surface area contributed by atoms with E-state index in [1.165, 1.54) is 6.07 Å². The number of alkyl halides is 3. The number of rotatable bonds is 3. The van der Waals surface area contributed by atoms with Crippen molar-refractivity contribution in [1.82, 2.24) is 9.88 Å². The number of hydrogen-bond acceptors (Lipinski definition) is 2. The number of ether oxygens (including phenoxy) is 1. The number of H-pyrrole nitrogens is 1. The lowest BCUT2D eigenvalue weighted by molar-refractivity contribution is -0.137. The van der Waals surface area contributed by atoms with Gasteiger partial charge in [0.25, 0.3) is 0 Å². The molecule has 1 N–H and O–H groups in total. The molecule has 6 heteroatoms. The van der Waals surface area contributed by atoms with Crippen molar-refractivity contribution in [2.24, 2.45) is 0 Å². The van der Waals surface area contributed by atoms with Crippen LogP contribution in [-0.2, 0) is 17.3 Å². The quantitative estimate of drug-likeness (QED) is 0.943. The summed E-state index contributed by atoms with van der Waals surface area (Å²) in [5.74, 6) is 0. The third-order valence-electron chi connectivity index (χ3n) is 3.90. The first kappa shape index (κ1) is 14.4. The Kier molecular flexibility index (Phi) is 3.91. The van der Waals surface area contributed by atoms with Crippen LogP contribution in [0.4, 0.5) is 13.2 Å². The van der Waals surface area contributed by atoms with Gasteiger partial charge in [-0.2, -0.15) is 13.2 Å². The van der Waals surface area contributed by atoms with Gasteiger partial charge in [0, 0.05) is 36.7 Å². The van der Waals surface area contributed by atoms with E-state index in [0.29, 0.717) is 5.52 Å². The van der Waals surface area contributed by atoms with Gasteiger partial charge in [-0.3, -0.25) is 4.90 Å². The number of benzene rings is 1. The molecule has 114 valence electrons. The van der Waals surface area contributed by atoms with Gasteiger partial charge in [0.05, 0.1) is 18.8 Å². The summed E-state index contributed by atoms with van der Waals surface area (Å²) in [5.41, 5.74) is 0.989. The van der Waals surface area contributed by atoms with Crippen LogP contribution in [0.3, 0.4) is 0 Å². The minimum atomic E-state index is -4.30. The molecular formula is C15H17F3N2O. The van der Waals surface area contributed by atoms with E-state index in [4.69, 9.17) is 4.74 Å². The highest BCUT2D eigenvalue weighted by Gasteiger charge is 2.30. The second-order valence-corrected chi connectivity index (χ2v) is 5.28. The number of nitrogens with zero attached hydrogens (tertiary/aromatic N) is 1. The summed E-state index contributed by atoms with van der Waals surface area (Å²) in [4.78, 5) is 5.26. The molecule has 0 amide bonds. The van der Waals surface area contributed by atoms with Crippen LogP contribution < -0.4 is 0 Å². The molecule has 0 unspecified atom stereocenters. The number of fused-ring (bicyclic) bond motifs is 1. The SMILES string of the molecule is FC(F)(F)c1ccc2c(CCN3CCOCC3)c[nH]c2c1.